The lowest BCUT2D eigenvalue weighted by atomic mass is 9.95. The Kier molecular flexibility index (Phi) is 5.93. The third kappa shape index (κ3) is 4.20. The molecule has 2 N–H and O–H groups in total. The number of carbonyl (C=O) groups is 1. The van der Waals surface area contributed by atoms with Gasteiger partial charge in [-0.1, -0.05) is 0 Å². The molecular formula is C12H12FN3O3S. The van der Waals surface area contributed by atoms with Gasteiger partial charge in [0.2, 0.25) is 5.91 Å². The number of benzene rings is 1. The Morgan fingerprint density at radius 2 is 2.30 bits per heavy atom. The number of halogens is 1. The number of hydrogen-bond donors (Lipinski definition) is 1. The molecule has 0 heterocycles. The molecular weight excluding hydrogens is 285 g/mol. The second-order valence-electron chi connectivity index (χ2n) is 3.92. The number of nitro groups is 1. The molecule has 1 unspecified atom stereocenters. The van der Waals surface area contributed by atoms with Crippen LogP contribution in [0.5, 0.6) is 0 Å². The number of nitrogens with zero attached hydrogens (tertiary/aromatic N) is 2. The summed E-state index contributed by atoms with van der Waals surface area (Å²) in [5.74, 6) is -1.71. The first-order valence-electron chi connectivity index (χ1n) is 5.65. The molecule has 0 saturated heterocycles. The highest BCUT2D eigenvalue weighted by molar-refractivity contribution is 7.99. The summed E-state index contributed by atoms with van der Waals surface area (Å²) in [7, 11) is 0. The number of non-ortho nitro benzene ring substituents is 1. The highest BCUT2D eigenvalue weighted by Crippen LogP contribution is 2.27. The SMILES string of the molecule is N#CCSCCC(C(N)=O)c1cc([N+](=O)[O-])ccc1F. The molecule has 0 bridgehead atoms. The van der Waals surface area contributed by atoms with E-state index in [0.717, 1.165) is 18.2 Å². The number of rotatable bonds is 7. The van der Waals surface area contributed by atoms with E-state index in [0.29, 0.717) is 5.75 Å². The Morgan fingerprint density at radius 1 is 1.60 bits per heavy atom. The third-order valence-corrected chi connectivity index (χ3v) is 3.48. The van der Waals surface area contributed by atoms with Crippen LogP contribution in [0.3, 0.4) is 0 Å². The maximum atomic E-state index is 13.7. The van der Waals surface area contributed by atoms with E-state index < -0.39 is 22.6 Å². The Labute approximate surface area is 118 Å². The van der Waals surface area contributed by atoms with Crippen molar-refractivity contribution in [3.63, 3.8) is 0 Å². The van der Waals surface area contributed by atoms with Crippen LogP contribution in [0.25, 0.3) is 0 Å². The molecule has 8 heteroatoms. The minimum Gasteiger partial charge on any atom is -0.369 e. The van der Waals surface area contributed by atoms with Crippen molar-refractivity contribution >= 4 is 23.4 Å². The molecule has 1 amide bonds. The molecule has 0 aliphatic carbocycles. The smallest absolute Gasteiger partial charge is 0.269 e. The van der Waals surface area contributed by atoms with Crippen LogP contribution in [-0.2, 0) is 4.79 Å². The summed E-state index contributed by atoms with van der Waals surface area (Å²) in [4.78, 5) is 21.4. The van der Waals surface area contributed by atoms with Gasteiger partial charge in [0.25, 0.3) is 5.69 Å². The molecule has 1 rings (SSSR count). The van der Waals surface area contributed by atoms with E-state index in [2.05, 4.69) is 0 Å². The van der Waals surface area contributed by atoms with Crippen molar-refractivity contribution < 1.29 is 14.1 Å². The Bertz CT molecular complexity index is 559. The maximum absolute atomic E-state index is 13.7. The molecule has 0 aromatic heterocycles. The number of hydrogen-bond acceptors (Lipinski definition) is 5. The minimum absolute atomic E-state index is 0.0794. The van der Waals surface area contributed by atoms with E-state index in [1.54, 1.807) is 0 Å². The van der Waals surface area contributed by atoms with Crippen molar-refractivity contribution in [3.8, 4) is 6.07 Å². The lowest BCUT2D eigenvalue weighted by molar-refractivity contribution is -0.385. The minimum atomic E-state index is -0.943. The molecule has 0 aliphatic rings. The summed E-state index contributed by atoms with van der Waals surface area (Å²) in [6.07, 6.45) is 0.222. The quantitative estimate of drug-likeness (QED) is 0.470. The fourth-order valence-electron chi connectivity index (χ4n) is 1.68. The van der Waals surface area contributed by atoms with Crippen LogP contribution in [-0.4, -0.2) is 22.3 Å². The number of nitrogens with two attached hydrogens (primary N) is 1. The second-order valence-corrected chi connectivity index (χ2v) is 5.02. The summed E-state index contributed by atoms with van der Waals surface area (Å²) in [5.41, 5.74) is 4.86. The summed E-state index contributed by atoms with van der Waals surface area (Å²) >= 11 is 1.28. The topological polar surface area (TPSA) is 110 Å². The van der Waals surface area contributed by atoms with Crippen LogP contribution >= 0.6 is 11.8 Å². The summed E-state index contributed by atoms with van der Waals surface area (Å²) in [6.45, 7) is 0. The fraction of sp³-hybridized carbons (Fsp3) is 0.333. The van der Waals surface area contributed by atoms with Gasteiger partial charge < -0.3 is 5.73 Å². The van der Waals surface area contributed by atoms with E-state index in [1.165, 1.54) is 11.8 Å². The number of nitriles is 1. The van der Waals surface area contributed by atoms with Crippen LogP contribution in [0.15, 0.2) is 18.2 Å². The molecule has 1 atom stereocenters. The van der Waals surface area contributed by atoms with Crippen LogP contribution in [0, 0.1) is 27.3 Å². The van der Waals surface area contributed by atoms with Gasteiger partial charge in [0.05, 0.1) is 22.7 Å². The molecule has 0 radical (unpaired) electrons. The van der Waals surface area contributed by atoms with E-state index in [9.17, 15) is 19.3 Å². The zero-order chi connectivity index (χ0) is 15.1. The number of thioether (sulfide) groups is 1. The first-order chi connectivity index (χ1) is 9.47. The van der Waals surface area contributed by atoms with Crippen LogP contribution in [0.4, 0.5) is 10.1 Å². The van der Waals surface area contributed by atoms with Crippen LogP contribution in [0.2, 0.25) is 0 Å². The molecule has 20 heavy (non-hydrogen) atoms. The average molecular weight is 297 g/mol. The van der Waals surface area contributed by atoms with Gasteiger partial charge in [0, 0.05) is 17.7 Å². The van der Waals surface area contributed by atoms with Crippen LogP contribution < -0.4 is 5.73 Å². The van der Waals surface area contributed by atoms with Crippen molar-refractivity contribution in [3.05, 3.63) is 39.7 Å². The van der Waals surface area contributed by atoms with Gasteiger partial charge in [-0.05, 0) is 18.2 Å². The lowest BCUT2D eigenvalue weighted by Gasteiger charge is -2.13. The molecule has 0 aliphatic heterocycles. The van der Waals surface area contributed by atoms with Crippen molar-refractivity contribution in [1.29, 1.82) is 5.26 Å². The highest BCUT2D eigenvalue weighted by Gasteiger charge is 2.23. The third-order valence-electron chi connectivity index (χ3n) is 2.63. The highest BCUT2D eigenvalue weighted by atomic mass is 32.2. The van der Waals surface area contributed by atoms with Gasteiger partial charge in [-0.2, -0.15) is 5.26 Å². The van der Waals surface area contributed by atoms with Gasteiger partial charge in [-0.15, -0.1) is 11.8 Å². The first-order valence-corrected chi connectivity index (χ1v) is 6.80. The van der Waals surface area contributed by atoms with Crippen molar-refractivity contribution in [2.75, 3.05) is 11.5 Å². The largest absolute Gasteiger partial charge is 0.369 e. The average Bonchev–Trinajstić information content (AvgIpc) is 2.39. The van der Waals surface area contributed by atoms with Crippen LogP contribution in [0.1, 0.15) is 17.9 Å². The van der Waals surface area contributed by atoms with E-state index >= 15 is 0 Å². The van der Waals surface area contributed by atoms with Crippen molar-refractivity contribution in [1.82, 2.24) is 0 Å². The van der Waals surface area contributed by atoms with E-state index in [4.69, 9.17) is 11.0 Å². The maximum Gasteiger partial charge on any atom is 0.269 e. The van der Waals surface area contributed by atoms with Gasteiger partial charge in [0.15, 0.2) is 0 Å². The lowest BCUT2D eigenvalue weighted by Crippen LogP contribution is -2.23. The molecule has 1 aromatic rings. The molecule has 0 saturated carbocycles. The number of primary amides is 1. The normalized spacial score (nSPS) is 11.6. The van der Waals surface area contributed by atoms with Gasteiger partial charge in [-0.25, -0.2) is 4.39 Å². The van der Waals surface area contributed by atoms with Gasteiger partial charge in [0.1, 0.15) is 5.82 Å². The van der Waals surface area contributed by atoms with Gasteiger partial charge in [-0.3, -0.25) is 14.9 Å². The first kappa shape index (κ1) is 15.9. The molecule has 1 aromatic carbocycles. The Morgan fingerprint density at radius 3 is 2.85 bits per heavy atom. The molecule has 106 valence electrons. The Balaban J connectivity index is 2.96. The second kappa shape index (κ2) is 7.45. The summed E-state index contributed by atoms with van der Waals surface area (Å²) in [5, 5.41) is 19.1. The Hall–Kier alpha value is -2.14. The van der Waals surface area contributed by atoms with Gasteiger partial charge >= 0.3 is 0 Å². The van der Waals surface area contributed by atoms with E-state index in [1.807, 2.05) is 6.07 Å². The van der Waals surface area contributed by atoms with Crippen molar-refractivity contribution in [2.45, 2.75) is 12.3 Å². The number of carbonyl (C=O) groups excluding carboxylic acids is 1. The number of nitro benzene ring substituents is 1. The fourth-order valence-corrected chi connectivity index (χ4v) is 2.32. The summed E-state index contributed by atoms with van der Waals surface area (Å²) < 4.78 is 13.7. The predicted octanol–water partition coefficient (Wildman–Crippen LogP) is 1.95. The molecule has 0 fully saturated rings. The standard InChI is InChI=1S/C12H12FN3O3S/c13-11-2-1-8(16(18)19)7-10(11)9(12(15)17)3-5-20-6-4-14/h1-2,7,9H,3,5-6H2,(H2,15,17). The zero-order valence-electron chi connectivity index (χ0n) is 10.4. The molecule has 0 spiro atoms. The predicted molar refractivity (Wildman–Crippen MR) is 72.5 cm³/mol. The monoisotopic (exact) mass is 297 g/mol. The number of amides is 1. The van der Waals surface area contributed by atoms with E-state index in [-0.39, 0.29) is 23.4 Å². The van der Waals surface area contributed by atoms with Crippen molar-refractivity contribution in [2.24, 2.45) is 5.73 Å². The zero-order valence-corrected chi connectivity index (χ0v) is 11.2. The molecule has 6 nitrogen and oxygen atoms in total. The summed E-state index contributed by atoms with van der Waals surface area (Å²) in [6, 6.07) is 4.94.